The summed E-state index contributed by atoms with van der Waals surface area (Å²) < 4.78 is 2.16. The highest BCUT2D eigenvalue weighted by atomic mass is 16.2. The molecule has 0 N–H and O–H groups in total. The van der Waals surface area contributed by atoms with Gasteiger partial charge in [0.05, 0.1) is 6.54 Å². The average Bonchev–Trinajstić information content (AvgIpc) is 3.21. The van der Waals surface area contributed by atoms with E-state index in [0.29, 0.717) is 18.5 Å². The number of anilines is 2. The van der Waals surface area contributed by atoms with Crippen molar-refractivity contribution in [3.8, 4) is 0 Å². The Morgan fingerprint density at radius 1 is 1.11 bits per heavy atom. The molecule has 1 atom stereocenters. The zero-order valence-electron chi connectivity index (χ0n) is 16.8. The minimum atomic E-state index is 0.123. The third-order valence-electron chi connectivity index (χ3n) is 5.69. The van der Waals surface area contributed by atoms with E-state index in [1.54, 1.807) is 11.2 Å². The first-order valence-electron chi connectivity index (χ1n) is 9.98. The molecule has 9 nitrogen and oxygen atoms in total. The van der Waals surface area contributed by atoms with Gasteiger partial charge in [0.2, 0.25) is 5.91 Å². The molecule has 0 spiro atoms. The van der Waals surface area contributed by atoms with Crippen LogP contribution in [0.25, 0.3) is 0 Å². The number of piperidine rings is 1. The number of nitrogens with zero attached hydrogens (tertiary/aromatic N) is 8. The third-order valence-corrected chi connectivity index (χ3v) is 5.69. The Morgan fingerprint density at radius 2 is 1.89 bits per heavy atom. The van der Waals surface area contributed by atoms with Crippen LogP contribution in [0.3, 0.4) is 0 Å². The topological polar surface area (TPSA) is 83.3 Å². The van der Waals surface area contributed by atoms with Crippen molar-refractivity contribution in [3.05, 3.63) is 24.5 Å². The summed E-state index contributed by atoms with van der Waals surface area (Å²) in [7, 11) is 1.84. The van der Waals surface area contributed by atoms with Crippen LogP contribution in [0.15, 0.2) is 18.7 Å². The number of hydrogen-bond donors (Lipinski definition) is 0. The molecule has 0 aliphatic carbocycles. The van der Waals surface area contributed by atoms with Crippen LogP contribution in [0, 0.1) is 0 Å². The summed E-state index contributed by atoms with van der Waals surface area (Å²) in [5.41, 5.74) is 0. The average molecular weight is 384 g/mol. The Bertz CT molecular complexity index is 835. The van der Waals surface area contributed by atoms with Crippen LogP contribution in [0.4, 0.5) is 11.6 Å². The number of rotatable bonds is 4. The molecule has 4 heterocycles. The van der Waals surface area contributed by atoms with Crippen LogP contribution < -0.4 is 9.80 Å². The highest BCUT2D eigenvalue weighted by Gasteiger charge is 2.28. The number of carbonyl (C=O) groups excluding carboxylic acids is 1. The summed E-state index contributed by atoms with van der Waals surface area (Å²) in [4.78, 5) is 27.1. The lowest BCUT2D eigenvalue weighted by molar-refractivity contribution is -0.129. The van der Waals surface area contributed by atoms with Gasteiger partial charge in [-0.1, -0.05) is 0 Å². The fourth-order valence-corrected chi connectivity index (χ4v) is 3.97. The second-order valence-electron chi connectivity index (χ2n) is 7.95. The molecule has 1 unspecified atom stereocenters. The highest BCUT2D eigenvalue weighted by Crippen LogP contribution is 2.30. The standard InChI is InChI=1S/C19H28N8O/c1-14(2)27-13-22-23-19(27)15-5-4-6-25(10-15)16-9-17(21-12-20-16)26-8-7-24(3)18(28)11-26/h9,12-15H,4-8,10-11H2,1-3H3. The highest BCUT2D eigenvalue weighted by molar-refractivity contribution is 5.82. The van der Waals surface area contributed by atoms with Crippen molar-refractivity contribution in [1.82, 2.24) is 29.6 Å². The van der Waals surface area contributed by atoms with E-state index in [0.717, 1.165) is 56.5 Å². The minimum Gasteiger partial charge on any atom is -0.356 e. The van der Waals surface area contributed by atoms with E-state index in [2.05, 4.69) is 43.5 Å². The van der Waals surface area contributed by atoms with E-state index < -0.39 is 0 Å². The van der Waals surface area contributed by atoms with Gasteiger partial charge >= 0.3 is 0 Å². The Labute approximate surface area is 165 Å². The summed E-state index contributed by atoms with van der Waals surface area (Å²) in [6.07, 6.45) is 5.62. The van der Waals surface area contributed by atoms with Gasteiger partial charge in [0.1, 0.15) is 30.1 Å². The van der Waals surface area contributed by atoms with Gasteiger partial charge in [-0.2, -0.15) is 0 Å². The molecular weight excluding hydrogens is 356 g/mol. The molecule has 2 aliphatic heterocycles. The fourth-order valence-electron chi connectivity index (χ4n) is 3.97. The van der Waals surface area contributed by atoms with Crippen LogP contribution in [-0.2, 0) is 4.79 Å². The van der Waals surface area contributed by atoms with Crippen molar-refractivity contribution < 1.29 is 4.79 Å². The molecule has 2 saturated heterocycles. The first-order chi connectivity index (χ1) is 13.5. The largest absolute Gasteiger partial charge is 0.356 e. The molecule has 4 rings (SSSR count). The van der Waals surface area contributed by atoms with Crippen molar-refractivity contribution >= 4 is 17.5 Å². The smallest absolute Gasteiger partial charge is 0.241 e. The van der Waals surface area contributed by atoms with E-state index in [9.17, 15) is 4.79 Å². The molecule has 0 radical (unpaired) electrons. The van der Waals surface area contributed by atoms with E-state index in [4.69, 9.17) is 0 Å². The molecule has 1 amide bonds. The lowest BCUT2D eigenvalue weighted by atomic mass is 9.97. The van der Waals surface area contributed by atoms with Crippen LogP contribution in [0.1, 0.15) is 44.5 Å². The Morgan fingerprint density at radius 3 is 2.64 bits per heavy atom. The molecule has 2 aromatic heterocycles. The summed E-state index contributed by atoms with van der Waals surface area (Å²) in [5, 5.41) is 8.53. The zero-order chi connectivity index (χ0) is 19.7. The fraction of sp³-hybridized carbons (Fsp3) is 0.632. The molecule has 0 aromatic carbocycles. The van der Waals surface area contributed by atoms with E-state index in [-0.39, 0.29) is 5.91 Å². The number of piperazine rings is 1. The quantitative estimate of drug-likeness (QED) is 0.786. The lowest BCUT2D eigenvalue weighted by Gasteiger charge is -2.35. The van der Waals surface area contributed by atoms with Crippen molar-refractivity contribution in [2.24, 2.45) is 0 Å². The molecule has 2 aromatic rings. The van der Waals surface area contributed by atoms with E-state index in [1.807, 2.05) is 24.3 Å². The number of aromatic nitrogens is 5. The monoisotopic (exact) mass is 384 g/mol. The predicted molar refractivity (Wildman–Crippen MR) is 106 cm³/mol. The maximum atomic E-state index is 12.0. The van der Waals surface area contributed by atoms with E-state index >= 15 is 0 Å². The van der Waals surface area contributed by atoms with Gasteiger partial charge in [0.15, 0.2) is 0 Å². The number of hydrogen-bond acceptors (Lipinski definition) is 7. The number of carbonyl (C=O) groups is 1. The minimum absolute atomic E-state index is 0.123. The number of amides is 1. The Kier molecular flexibility index (Phi) is 5.15. The van der Waals surface area contributed by atoms with Gasteiger partial charge < -0.3 is 19.3 Å². The van der Waals surface area contributed by atoms with Gasteiger partial charge in [-0.05, 0) is 26.7 Å². The van der Waals surface area contributed by atoms with Crippen molar-refractivity contribution in [2.45, 2.75) is 38.6 Å². The third kappa shape index (κ3) is 3.65. The molecule has 2 aliphatic rings. The SMILES string of the molecule is CC(C)n1cnnc1C1CCCN(c2cc(N3CCN(C)C(=O)C3)ncn2)C1. The second kappa shape index (κ2) is 7.73. The van der Waals surface area contributed by atoms with Crippen molar-refractivity contribution in [1.29, 1.82) is 0 Å². The normalized spacial score (nSPS) is 20.9. The first kappa shape index (κ1) is 18.6. The molecule has 0 bridgehead atoms. The van der Waals surface area contributed by atoms with Crippen LogP contribution in [0.5, 0.6) is 0 Å². The van der Waals surface area contributed by atoms with Crippen LogP contribution in [-0.4, -0.2) is 75.3 Å². The first-order valence-corrected chi connectivity index (χ1v) is 9.98. The summed E-state index contributed by atoms with van der Waals surface area (Å²) in [6, 6.07) is 2.36. The van der Waals surface area contributed by atoms with Crippen molar-refractivity contribution in [3.63, 3.8) is 0 Å². The maximum absolute atomic E-state index is 12.0. The zero-order valence-corrected chi connectivity index (χ0v) is 16.8. The van der Waals surface area contributed by atoms with E-state index in [1.165, 1.54) is 0 Å². The molecule has 2 fully saturated rings. The number of likely N-dealkylation sites (N-methyl/N-ethyl adjacent to an activating group) is 1. The van der Waals surface area contributed by atoms with Gasteiger partial charge in [0, 0.05) is 51.3 Å². The summed E-state index contributed by atoms with van der Waals surface area (Å²) >= 11 is 0. The lowest BCUT2D eigenvalue weighted by Crippen LogP contribution is -2.49. The predicted octanol–water partition coefficient (Wildman–Crippen LogP) is 1.31. The summed E-state index contributed by atoms with van der Waals surface area (Å²) in [5.74, 6) is 3.24. The van der Waals surface area contributed by atoms with Gasteiger partial charge in [-0.15, -0.1) is 10.2 Å². The van der Waals surface area contributed by atoms with Gasteiger partial charge in [-0.3, -0.25) is 4.79 Å². The molecule has 150 valence electrons. The molecular formula is C19H28N8O. The van der Waals surface area contributed by atoms with Gasteiger partial charge in [-0.25, -0.2) is 9.97 Å². The van der Waals surface area contributed by atoms with Crippen LogP contribution >= 0.6 is 0 Å². The molecule has 9 heteroatoms. The molecule has 28 heavy (non-hydrogen) atoms. The van der Waals surface area contributed by atoms with Gasteiger partial charge in [0.25, 0.3) is 0 Å². The molecule has 0 saturated carbocycles. The van der Waals surface area contributed by atoms with Crippen molar-refractivity contribution in [2.75, 3.05) is 49.6 Å². The Balaban J connectivity index is 1.51. The second-order valence-corrected chi connectivity index (χ2v) is 7.95. The summed E-state index contributed by atoms with van der Waals surface area (Å²) in [6.45, 7) is 8.01. The van der Waals surface area contributed by atoms with Crippen LogP contribution in [0.2, 0.25) is 0 Å². The Hall–Kier alpha value is -2.71. The maximum Gasteiger partial charge on any atom is 0.241 e.